The molecule has 2 aromatic carbocycles. The fourth-order valence-corrected chi connectivity index (χ4v) is 3.06. The second kappa shape index (κ2) is 9.21. The smallest absolute Gasteiger partial charge is 0.227 e. The quantitative estimate of drug-likeness (QED) is 0.529. The summed E-state index contributed by atoms with van der Waals surface area (Å²) in [4.78, 5) is 18.1. The lowest BCUT2D eigenvalue weighted by Gasteiger charge is -2.16. The zero-order valence-electron chi connectivity index (χ0n) is 15.9. The number of aliphatic imine (C=N–C) groups is 1. The molecule has 2 aromatic rings. The fourth-order valence-electron chi connectivity index (χ4n) is 3.06. The van der Waals surface area contributed by atoms with Gasteiger partial charge in [-0.05, 0) is 48.7 Å². The molecule has 1 heterocycles. The molecular weight excluding hydrogens is 359 g/mol. The maximum atomic E-state index is 13.4. The highest BCUT2D eigenvalue weighted by Gasteiger charge is 2.21. The van der Waals surface area contributed by atoms with Crippen LogP contribution in [0.4, 0.5) is 10.1 Å². The number of carbonyl (C=O) groups excluding carboxylic acids is 1. The lowest BCUT2D eigenvalue weighted by atomic mass is 10.2. The summed E-state index contributed by atoms with van der Waals surface area (Å²) >= 11 is 0. The molecule has 0 unspecified atom stereocenters. The molecule has 1 fully saturated rings. The largest absolute Gasteiger partial charge is 0.505 e. The van der Waals surface area contributed by atoms with Crippen LogP contribution in [0.5, 0.6) is 5.75 Å². The first-order valence-corrected chi connectivity index (χ1v) is 9.45. The summed E-state index contributed by atoms with van der Waals surface area (Å²) in [5.41, 5.74) is 2.67. The van der Waals surface area contributed by atoms with Crippen molar-refractivity contribution in [1.29, 1.82) is 0 Å². The van der Waals surface area contributed by atoms with Crippen LogP contribution in [0.25, 0.3) is 0 Å². The molecule has 7 heteroatoms. The normalized spacial score (nSPS) is 14.4. The van der Waals surface area contributed by atoms with Crippen molar-refractivity contribution in [2.24, 2.45) is 4.99 Å². The molecule has 0 radical (unpaired) electrons. The third-order valence-electron chi connectivity index (χ3n) is 4.56. The number of aromatic hydroxyl groups is 1. The monoisotopic (exact) mass is 384 g/mol. The number of amides is 1. The van der Waals surface area contributed by atoms with E-state index in [2.05, 4.69) is 15.6 Å². The number of guanidine groups is 1. The second-order valence-corrected chi connectivity index (χ2v) is 6.65. The molecule has 1 amide bonds. The Labute approximate surface area is 164 Å². The lowest BCUT2D eigenvalue weighted by molar-refractivity contribution is -0.117. The van der Waals surface area contributed by atoms with E-state index in [0.29, 0.717) is 37.6 Å². The van der Waals surface area contributed by atoms with Gasteiger partial charge in [0.05, 0.1) is 6.54 Å². The van der Waals surface area contributed by atoms with Crippen molar-refractivity contribution in [1.82, 2.24) is 10.6 Å². The molecule has 1 saturated heterocycles. The van der Waals surface area contributed by atoms with E-state index < -0.39 is 5.82 Å². The number of nitrogens with one attached hydrogen (secondary N) is 2. The third-order valence-corrected chi connectivity index (χ3v) is 4.56. The van der Waals surface area contributed by atoms with E-state index in [-0.39, 0.29) is 11.7 Å². The Bertz CT molecular complexity index is 852. The van der Waals surface area contributed by atoms with Crippen LogP contribution in [0.2, 0.25) is 0 Å². The highest BCUT2D eigenvalue weighted by atomic mass is 19.1. The molecule has 1 aliphatic rings. The summed E-state index contributed by atoms with van der Waals surface area (Å²) in [5, 5.41) is 15.7. The van der Waals surface area contributed by atoms with Gasteiger partial charge >= 0.3 is 0 Å². The molecule has 0 spiro atoms. The van der Waals surface area contributed by atoms with E-state index in [1.807, 2.05) is 36.1 Å². The Balaban J connectivity index is 1.59. The van der Waals surface area contributed by atoms with Gasteiger partial charge in [-0.15, -0.1) is 0 Å². The molecule has 3 rings (SSSR count). The maximum Gasteiger partial charge on any atom is 0.227 e. The number of anilines is 1. The summed E-state index contributed by atoms with van der Waals surface area (Å²) in [6, 6.07) is 12.2. The SMILES string of the molecule is CCNC(=NCc1ccc(O)c(F)c1)NCc1ccc(N2CCCC2=O)cc1. The van der Waals surface area contributed by atoms with Gasteiger partial charge in [-0.2, -0.15) is 0 Å². The van der Waals surface area contributed by atoms with Gasteiger partial charge in [0, 0.05) is 31.7 Å². The fraction of sp³-hybridized carbons (Fsp3) is 0.333. The third kappa shape index (κ3) is 5.00. The van der Waals surface area contributed by atoms with Crippen LogP contribution in [0.15, 0.2) is 47.5 Å². The minimum Gasteiger partial charge on any atom is -0.505 e. The van der Waals surface area contributed by atoms with Gasteiger partial charge in [0.2, 0.25) is 5.91 Å². The standard InChI is InChI=1S/C21H25FN4O2/c1-2-23-21(25-14-16-7-10-19(27)18(22)12-16)24-13-15-5-8-17(9-6-15)26-11-3-4-20(26)28/h5-10,12,27H,2-4,11,13-14H2,1H3,(H2,23,24,25). The summed E-state index contributed by atoms with van der Waals surface area (Å²) < 4.78 is 13.4. The van der Waals surface area contributed by atoms with E-state index in [0.717, 1.165) is 24.2 Å². The molecule has 28 heavy (non-hydrogen) atoms. The topological polar surface area (TPSA) is 77.0 Å². The van der Waals surface area contributed by atoms with Gasteiger partial charge < -0.3 is 20.6 Å². The van der Waals surface area contributed by atoms with E-state index in [4.69, 9.17) is 0 Å². The van der Waals surface area contributed by atoms with E-state index in [1.54, 1.807) is 6.07 Å². The number of rotatable bonds is 6. The van der Waals surface area contributed by atoms with E-state index in [9.17, 15) is 14.3 Å². The Morgan fingerprint density at radius 2 is 1.93 bits per heavy atom. The van der Waals surface area contributed by atoms with Gasteiger partial charge in [-0.3, -0.25) is 4.79 Å². The maximum absolute atomic E-state index is 13.4. The van der Waals surface area contributed by atoms with Gasteiger partial charge in [-0.25, -0.2) is 9.38 Å². The highest BCUT2D eigenvalue weighted by molar-refractivity contribution is 5.95. The van der Waals surface area contributed by atoms with Crippen molar-refractivity contribution in [2.45, 2.75) is 32.9 Å². The minimum atomic E-state index is -0.651. The summed E-state index contributed by atoms with van der Waals surface area (Å²) in [6.07, 6.45) is 1.53. The molecule has 0 aromatic heterocycles. The van der Waals surface area contributed by atoms with Gasteiger partial charge in [-0.1, -0.05) is 18.2 Å². The van der Waals surface area contributed by atoms with Crippen molar-refractivity contribution in [3.8, 4) is 5.75 Å². The van der Waals surface area contributed by atoms with Gasteiger partial charge in [0.15, 0.2) is 17.5 Å². The number of benzene rings is 2. The van der Waals surface area contributed by atoms with Gasteiger partial charge in [0.25, 0.3) is 0 Å². The van der Waals surface area contributed by atoms with E-state index >= 15 is 0 Å². The Hall–Kier alpha value is -3.09. The number of carbonyl (C=O) groups is 1. The van der Waals surface area contributed by atoms with E-state index in [1.165, 1.54) is 12.1 Å². The molecular formula is C21H25FN4O2. The Kier molecular flexibility index (Phi) is 6.47. The first-order valence-electron chi connectivity index (χ1n) is 9.45. The van der Waals surface area contributed by atoms with Crippen LogP contribution in [0, 0.1) is 5.82 Å². The average Bonchev–Trinajstić information content (AvgIpc) is 3.13. The Morgan fingerprint density at radius 1 is 1.18 bits per heavy atom. The first-order chi connectivity index (χ1) is 13.6. The minimum absolute atomic E-state index is 0.179. The van der Waals surface area contributed by atoms with Crippen LogP contribution in [-0.2, 0) is 17.9 Å². The number of phenolic OH excluding ortho intramolecular Hbond substituents is 1. The molecule has 0 bridgehead atoms. The van der Waals surface area contributed by atoms with Crippen LogP contribution in [0.3, 0.4) is 0 Å². The number of nitrogens with zero attached hydrogens (tertiary/aromatic N) is 2. The van der Waals surface area contributed by atoms with Crippen LogP contribution < -0.4 is 15.5 Å². The van der Waals surface area contributed by atoms with Crippen LogP contribution in [0.1, 0.15) is 30.9 Å². The molecule has 0 saturated carbocycles. The predicted octanol–water partition coefficient (Wildman–Crippen LogP) is 2.91. The number of halogens is 1. The van der Waals surface area contributed by atoms with Crippen LogP contribution in [-0.4, -0.2) is 30.1 Å². The highest BCUT2D eigenvalue weighted by Crippen LogP contribution is 2.21. The zero-order chi connectivity index (χ0) is 19.9. The summed E-state index contributed by atoms with van der Waals surface area (Å²) in [5.74, 6) is -0.216. The molecule has 3 N–H and O–H groups in total. The molecule has 1 aliphatic heterocycles. The van der Waals surface area contributed by atoms with Gasteiger partial charge in [0.1, 0.15) is 0 Å². The number of hydrogen-bond acceptors (Lipinski definition) is 3. The lowest BCUT2D eigenvalue weighted by Crippen LogP contribution is -2.36. The zero-order valence-corrected chi connectivity index (χ0v) is 15.9. The molecule has 6 nitrogen and oxygen atoms in total. The summed E-state index contributed by atoms with van der Waals surface area (Å²) in [6.45, 7) is 4.32. The first kappa shape index (κ1) is 19.7. The molecule has 148 valence electrons. The predicted molar refractivity (Wildman–Crippen MR) is 108 cm³/mol. The molecule has 0 aliphatic carbocycles. The Morgan fingerprint density at radius 3 is 2.57 bits per heavy atom. The summed E-state index contributed by atoms with van der Waals surface area (Å²) in [7, 11) is 0. The second-order valence-electron chi connectivity index (χ2n) is 6.65. The van der Waals surface area contributed by atoms with Crippen LogP contribution >= 0.6 is 0 Å². The number of hydrogen-bond donors (Lipinski definition) is 3. The average molecular weight is 384 g/mol. The van der Waals surface area contributed by atoms with Crippen molar-refractivity contribution in [3.05, 3.63) is 59.4 Å². The van der Waals surface area contributed by atoms with Crippen molar-refractivity contribution in [2.75, 3.05) is 18.0 Å². The van der Waals surface area contributed by atoms with Crippen molar-refractivity contribution in [3.63, 3.8) is 0 Å². The number of phenols is 1. The van der Waals surface area contributed by atoms with Crippen molar-refractivity contribution >= 4 is 17.6 Å². The molecule has 0 atom stereocenters. The van der Waals surface area contributed by atoms with Crippen molar-refractivity contribution < 1.29 is 14.3 Å².